The quantitative estimate of drug-likeness (QED) is 0.800. The maximum Gasteiger partial charge on any atom is 0.264 e. The molecule has 23 heavy (non-hydrogen) atoms. The lowest BCUT2D eigenvalue weighted by molar-refractivity contribution is 0.0592. The Morgan fingerprint density at radius 2 is 1.96 bits per heavy atom. The van der Waals surface area contributed by atoms with Crippen LogP contribution in [0.25, 0.3) is 0 Å². The fourth-order valence-corrected chi connectivity index (χ4v) is 6.93. The summed E-state index contributed by atoms with van der Waals surface area (Å²) in [6.45, 7) is 2.99. The van der Waals surface area contributed by atoms with Gasteiger partial charge in [0.05, 0.1) is 16.4 Å². The van der Waals surface area contributed by atoms with E-state index in [1.165, 1.54) is 16.9 Å². The van der Waals surface area contributed by atoms with E-state index in [2.05, 4.69) is 11.0 Å². The molecule has 1 aliphatic carbocycles. The number of sulfone groups is 1. The van der Waals surface area contributed by atoms with Gasteiger partial charge in [-0.3, -0.25) is 9.69 Å². The van der Waals surface area contributed by atoms with Crippen LogP contribution in [0.5, 0.6) is 0 Å². The van der Waals surface area contributed by atoms with E-state index in [0.717, 1.165) is 37.2 Å². The van der Waals surface area contributed by atoms with Crippen LogP contribution in [-0.2, 0) is 22.7 Å². The van der Waals surface area contributed by atoms with Crippen molar-refractivity contribution < 1.29 is 13.2 Å². The summed E-state index contributed by atoms with van der Waals surface area (Å²) in [6, 6.07) is 2.24. The topological polar surface area (TPSA) is 57.7 Å². The second-order valence-corrected chi connectivity index (χ2v) is 10.2. The Morgan fingerprint density at radius 1 is 1.17 bits per heavy atom. The van der Waals surface area contributed by atoms with Crippen LogP contribution in [0.1, 0.15) is 33.0 Å². The minimum Gasteiger partial charge on any atom is -0.335 e. The van der Waals surface area contributed by atoms with Crippen LogP contribution in [0.3, 0.4) is 0 Å². The molecule has 0 bridgehead atoms. The molecular formula is C16H22N2O3S2. The number of hydrogen-bond donors (Lipinski definition) is 0. The molecule has 126 valence electrons. The van der Waals surface area contributed by atoms with Gasteiger partial charge in [-0.15, -0.1) is 11.3 Å². The summed E-state index contributed by atoms with van der Waals surface area (Å²) >= 11 is 1.67. The van der Waals surface area contributed by atoms with Crippen LogP contribution in [0, 0.1) is 0 Å². The molecule has 3 aliphatic rings. The first kappa shape index (κ1) is 15.6. The summed E-state index contributed by atoms with van der Waals surface area (Å²) in [4.78, 5) is 19.1. The molecule has 2 saturated heterocycles. The molecule has 1 atom stereocenters. The van der Waals surface area contributed by atoms with E-state index >= 15 is 0 Å². The van der Waals surface area contributed by atoms with Crippen molar-refractivity contribution in [3.05, 3.63) is 21.4 Å². The van der Waals surface area contributed by atoms with Gasteiger partial charge in [0.1, 0.15) is 0 Å². The first-order chi connectivity index (χ1) is 11.0. The van der Waals surface area contributed by atoms with Crippen LogP contribution < -0.4 is 0 Å². The standard InChI is InChI=1S/C16H22N2O3S2/c19-16(15-10-12-2-1-3-14(12)22-15)18-7-5-17(6-8-18)13-4-9-23(20,21)11-13/h10,13H,1-9,11H2/t13-/m1/s1. The van der Waals surface area contributed by atoms with Crippen LogP contribution in [-0.4, -0.2) is 67.9 Å². The third-order valence-electron chi connectivity index (χ3n) is 5.28. The molecule has 5 nitrogen and oxygen atoms in total. The van der Waals surface area contributed by atoms with Gasteiger partial charge in [0, 0.05) is 37.1 Å². The molecule has 7 heteroatoms. The maximum atomic E-state index is 12.7. The van der Waals surface area contributed by atoms with Crippen molar-refractivity contribution >= 4 is 27.1 Å². The Labute approximate surface area is 141 Å². The first-order valence-electron chi connectivity index (χ1n) is 8.37. The van der Waals surface area contributed by atoms with Gasteiger partial charge in [-0.1, -0.05) is 0 Å². The molecule has 0 spiro atoms. The highest BCUT2D eigenvalue weighted by atomic mass is 32.2. The molecule has 3 heterocycles. The predicted octanol–water partition coefficient (Wildman–Crippen LogP) is 1.18. The molecule has 2 fully saturated rings. The normalized spacial score (nSPS) is 27.3. The second kappa shape index (κ2) is 5.86. The van der Waals surface area contributed by atoms with Gasteiger partial charge in [-0.2, -0.15) is 0 Å². The summed E-state index contributed by atoms with van der Waals surface area (Å²) in [5, 5.41) is 0. The number of amides is 1. The van der Waals surface area contributed by atoms with E-state index in [4.69, 9.17) is 0 Å². The Kier molecular flexibility index (Phi) is 3.98. The summed E-state index contributed by atoms with van der Waals surface area (Å²) in [5.74, 6) is 0.763. The highest BCUT2D eigenvalue weighted by Crippen LogP contribution is 2.31. The van der Waals surface area contributed by atoms with Gasteiger partial charge < -0.3 is 4.90 Å². The summed E-state index contributed by atoms with van der Waals surface area (Å²) < 4.78 is 23.2. The van der Waals surface area contributed by atoms with Crippen molar-refractivity contribution in [3.8, 4) is 0 Å². The highest BCUT2D eigenvalue weighted by molar-refractivity contribution is 7.91. The van der Waals surface area contributed by atoms with E-state index in [1.54, 1.807) is 11.3 Å². The number of piperazine rings is 1. The zero-order valence-corrected chi connectivity index (χ0v) is 14.8. The largest absolute Gasteiger partial charge is 0.335 e. The van der Waals surface area contributed by atoms with E-state index in [0.29, 0.717) is 24.6 Å². The molecule has 0 aromatic carbocycles. The third-order valence-corrected chi connectivity index (χ3v) is 8.26. The molecule has 4 rings (SSSR count). The molecule has 1 aromatic heterocycles. The number of carbonyl (C=O) groups excluding carboxylic acids is 1. The summed E-state index contributed by atoms with van der Waals surface area (Å²) in [6.07, 6.45) is 4.20. The number of thiophene rings is 1. The summed E-state index contributed by atoms with van der Waals surface area (Å²) in [7, 11) is -2.84. The molecule has 0 unspecified atom stereocenters. The predicted molar refractivity (Wildman–Crippen MR) is 90.9 cm³/mol. The van der Waals surface area contributed by atoms with Crippen LogP contribution in [0.2, 0.25) is 0 Å². The van der Waals surface area contributed by atoms with Crippen molar-refractivity contribution in [2.45, 2.75) is 31.7 Å². The molecule has 1 amide bonds. The van der Waals surface area contributed by atoms with Crippen LogP contribution in [0.15, 0.2) is 6.07 Å². The minimum absolute atomic E-state index is 0.155. The Morgan fingerprint density at radius 3 is 2.61 bits per heavy atom. The average molecular weight is 354 g/mol. The average Bonchev–Trinajstić information content (AvgIpc) is 3.20. The maximum absolute atomic E-state index is 12.7. The first-order valence-corrected chi connectivity index (χ1v) is 11.0. The lowest BCUT2D eigenvalue weighted by Crippen LogP contribution is -2.52. The Balaban J connectivity index is 1.36. The molecule has 2 aliphatic heterocycles. The fraction of sp³-hybridized carbons (Fsp3) is 0.688. The lowest BCUT2D eigenvalue weighted by Gasteiger charge is -2.37. The molecule has 0 radical (unpaired) electrons. The number of nitrogens with zero attached hydrogens (tertiary/aromatic N) is 2. The number of fused-ring (bicyclic) bond motifs is 1. The zero-order valence-electron chi connectivity index (χ0n) is 13.2. The van der Waals surface area contributed by atoms with E-state index in [1.807, 2.05) is 4.90 Å². The van der Waals surface area contributed by atoms with Crippen molar-refractivity contribution in [3.63, 3.8) is 0 Å². The smallest absolute Gasteiger partial charge is 0.264 e. The molecule has 0 N–H and O–H groups in total. The second-order valence-electron chi connectivity index (χ2n) is 6.80. The van der Waals surface area contributed by atoms with E-state index in [-0.39, 0.29) is 11.9 Å². The fourth-order valence-electron chi connectivity index (χ4n) is 3.94. The van der Waals surface area contributed by atoms with E-state index in [9.17, 15) is 13.2 Å². The monoisotopic (exact) mass is 354 g/mol. The van der Waals surface area contributed by atoms with Crippen molar-refractivity contribution in [1.29, 1.82) is 0 Å². The molecule has 0 saturated carbocycles. The Hall–Kier alpha value is -0.920. The zero-order chi connectivity index (χ0) is 16.0. The van der Waals surface area contributed by atoms with Crippen molar-refractivity contribution in [2.24, 2.45) is 0 Å². The summed E-state index contributed by atoms with van der Waals surface area (Å²) in [5.41, 5.74) is 1.37. The number of rotatable bonds is 2. The van der Waals surface area contributed by atoms with Gasteiger partial charge in [0.15, 0.2) is 9.84 Å². The van der Waals surface area contributed by atoms with Crippen molar-refractivity contribution in [1.82, 2.24) is 9.80 Å². The SMILES string of the molecule is O=C(c1cc2c(s1)CCC2)N1CCN([C@@H]2CCS(=O)(=O)C2)CC1. The lowest BCUT2D eigenvalue weighted by atomic mass is 10.2. The number of hydrogen-bond acceptors (Lipinski definition) is 5. The third kappa shape index (κ3) is 3.06. The molecule has 1 aromatic rings. The van der Waals surface area contributed by atoms with Gasteiger partial charge in [-0.05, 0) is 37.3 Å². The van der Waals surface area contributed by atoms with Gasteiger partial charge >= 0.3 is 0 Å². The Bertz CT molecular complexity index is 696. The minimum atomic E-state index is -2.84. The highest BCUT2D eigenvalue weighted by Gasteiger charge is 2.34. The number of aryl methyl sites for hydroxylation is 2. The van der Waals surface area contributed by atoms with Crippen LogP contribution in [0.4, 0.5) is 0 Å². The van der Waals surface area contributed by atoms with Crippen molar-refractivity contribution in [2.75, 3.05) is 37.7 Å². The van der Waals surface area contributed by atoms with Gasteiger partial charge in [-0.25, -0.2) is 8.42 Å². The van der Waals surface area contributed by atoms with Gasteiger partial charge in [0.2, 0.25) is 0 Å². The van der Waals surface area contributed by atoms with Crippen LogP contribution >= 0.6 is 11.3 Å². The van der Waals surface area contributed by atoms with E-state index < -0.39 is 9.84 Å². The van der Waals surface area contributed by atoms with Gasteiger partial charge in [0.25, 0.3) is 5.91 Å². The molecular weight excluding hydrogens is 332 g/mol. The number of carbonyl (C=O) groups is 1.